The number of methoxy groups -OCH3 is 1. The first-order chi connectivity index (χ1) is 8.31. The van der Waals surface area contributed by atoms with E-state index in [9.17, 15) is 4.79 Å². The molecule has 18 heavy (non-hydrogen) atoms. The molecular formula is C13H18N2O3. The second-order valence-electron chi connectivity index (χ2n) is 4.70. The van der Waals surface area contributed by atoms with E-state index in [-0.39, 0.29) is 0 Å². The monoisotopic (exact) mass is 250 g/mol. The van der Waals surface area contributed by atoms with Crippen LogP contribution >= 0.6 is 0 Å². The summed E-state index contributed by atoms with van der Waals surface area (Å²) in [6, 6.07) is 3.36. The van der Waals surface area contributed by atoms with Crippen LogP contribution in [0.3, 0.4) is 0 Å². The second kappa shape index (κ2) is 5.53. The van der Waals surface area contributed by atoms with Crippen molar-refractivity contribution in [2.24, 2.45) is 0 Å². The molecule has 0 radical (unpaired) electrons. The van der Waals surface area contributed by atoms with Crippen LogP contribution < -0.4 is 10.5 Å². The number of anilines is 1. The van der Waals surface area contributed by atoms with Gasteiger partial charge in [-0.1, -0.05) is 0 Å². The van der Waals surface area contributed by atoms with E-state index < -0.39 is 11.6 Å². The Balaban J connectivity index is 2.76. The molecule has 0 fully saturated rings. The molecule has 2 N–H and O–H groups in total. The summed E-state index contributed by atoms with van der Waals surface area (Å²) in [5.74, 6) is -0.0820. The van der Waals surface area contributed by atoms with Crippen molar-refractivity contribution >= 4 is 17.7 Å². The Kier molecular flexibility index (Phi) is 4.31. The largest absolute Gasteiger partial charge is 0.480 e. The van der Waals surface area contributed by atoms with Gasteiger partial charge >= 0.3 is 5.97 Å². The predicted molar refractivity (Wildman–Crippen MR) is 70.1 cm³/mol. The van der Waals surface area contributed by atoms with E-state index in [0.717, 1.165) is 0 Å². The number of hydrogen-bond donors (Lipinski definition) is 1. The van der Waals surface area contributed by atoms with Gasteiger partial charge in [0.15, 0.2) is 0 Å². The number of hydrogen-bond acceptors (Lipinski definition) is 5. The Morgan fingerprint density at radius 1 is 1.39 bits per heavy atom. The first-order valence-corrected chi connectivity index (χ1v) is 5.53. The van der Waals surface area contributed by atoms with Crippen LogP contribution in [0.4, 0.5) is 5.69 Å². The van der Waals surface area contributed by atoms with Crippen molar-refractivity contribution in [3.63, 3.8) is 0 Å². The lowest BCUT2D eigenvalue weighted by Gasteiger charge is -2.17. The zero-order valence-electron chi connectivity index (χ0n) is 11.1. The summed E-state index contributed by atoms with van der Waals surface area (Å²) in [6.45, 7) is 5.43. The maximum Gasteiger partial charge on any atom is 0.331 e. The molecule has 1 aromatic rings. The average Bonchev–Trinajstić information content (AvgIpc) is 2.25. The average molecular weight is 250 g/mol. The van der Waals surface area contributed by atoms with Gasteiger partial charge in [-0.2, -0.15) is 0 Å². The van der Waals surface area contributed by atoms with Crippen LogP contribution in [-0.2, 0) is 9.53 Å². The number of aromatic nitrogens is 1. The highest BCUT2D eigenvalue weighted by atomic mass is 16.6. The van der Waals surface area contributed by atoms with Gasteiger partial charge in [0.1, 0.15) is 5.60 Å². The topological polar surface area (TPSA) is 74.4 Å². The van der Waals surface area contributed by atoms with Crippen molar-refractivity contribution in [2.45, 2.75) is 26.4 Å². The second-order valence-corrected chi connectivity index (χ2v) is 4.70. The molecule has 1 rings (SSSR count). The zero-order chi connectivity index (χ0) is 13.8. The molecule has 0 spiro atoms. The van der Waals surface area contributed by atoms with Crippen LogP contribution in [0.15, 0.2) is 18.2 Å². The summed E-state index contributed by atoms with van der Waals surface area (Å²) in [6.07, 6.45) is 2.87. The Labute approximate surface area is 107 Å². The lowest BCUT2D eigenvalue weighted by Crippen LogP contribution is -2.22. The molecule has 0 aliphatic heterocycles. The molecule has 1 heterocycles. The molecule has 0 saturated heterocycles. The van der Waals surface area contributed by atoms with Crippen LogP contribution in [0.1, 0.15) is 26.5 Å². The van der Waals surface area contributed by atoms with E-state index in [1.54, 1.807) is 18.2 Å². The summed E-state index contributed by atoms with van der Waals surface area (Å²) in [4.78, 5) is 15.6. The normalized spacial score (nSPS) is 11.6. The lowest BCUT2D eigenvalue weighted by molar-refractivity contribution is -0.148. The van der Waals surface area contributed by atoms with Crippen LogP contribution in [0.25, 0.3) is 6.08 Å². The van der Waals surface area contributed by atoms with E-state index in [2.05, 4.69) is 4.98 Å². The van der Waals surface area contributed by atoms with Gasteiger partial charge in [-0.25, -0.2) is 9.78 Å². The Morgan fingerprint density at radius 2 is 2.06 bits per heavy atom. The molecule has 0 atom stereocenters. The van der Waals surface area contributed by atoms with Crippen molar-refractivity contribution in [3.05, 3.63) is 23.9 Å². The van der Waals surface area contributed by atoms with Gasteiger partial charge in [0.05, 0.1) is 18.5 Å². The van der Waals surface area contributed by atoms with Gasteiger partial charge in [-0.05, 0) is 39.0 Å². The van der Waals surface area contributed by atoms with Crippen molar-refractivity contribution in [1.29, 1.82) is 0 Å². The number of carbonyl (C=O) groups excluding carboxylic acids is 1. The van der Waals surface area contributed by atoms with Gasteiger partial charge in [0, 0.05) is 6.08 Å². The van der Waals surface area contributed by atoms with Crippen molar-refractivity contribution < 1.29 is 14.3 Å². The number of carbonyl (C=O) groups is 1. The fourth-order valence-electron chi connectivity index (χ4n) is 1.21. The number of pyridine rings is 1. The lowest BCUT2D eigenvalue weighted by atomic mass is 10.2. The standard InChI is InChI=1S/C13H18N2O3/c1-13(2,3)18-11(16)8-6-9-5-7-10(14)12(15-9)17-4/h5-8H,14H2,1-4H3. The van der Waals surface area contributed by atoms with Gasteiger partial charge in [-0.3, -0.25) is 0 Å². The first kappa shape index (κ1) is 14.0. The fraction of sp³-hybridized carbons (Fsp3) is 0.385. The highest BCUT2D eigenvalue weighted by Gasteiger charge is 2.13. The van der Waals surface area contributed by atoms with Gasteiger partial charge < -0.3 is 15.2 Å². The summed E-state index contributed by atoms with van der Waals surface area (Å²) in [5, 5.41) is 0. The predicted octanol–water partition coefficient (Wildman–Crippen LogP) is 2.03. The summed E-state index contributed by atoms with van der Waals surface area (Å²) >= 11 is 0. The zero-order valence-corrected chi connectivity index (χ0v) is 11.1. The molecule has 0 aliphatic rings. The summed E-state index contributed by atoms with van der Waals surface area (Å²) in [5.41, 5.74) is 6.16. The Morgan fingerprint density at radius 3 is 2.61 bits per heavy atom. The third-order valence-electron chi connectivity index (χ3n) is 1.90. The van der Waals surface area contributed by atoms with Gasteiger partial charge in [-0.15, -0.1) is 0 Å². The summed E-state index contributed by atoms with van der Waals surface area (Å²) in [7, 11) is 1.49. The number of nitrogens with zero attached hydrogens (tertiary/aromatic N) is 1. The molecule has 0 saturated carbocycles. The molecule has 0 amide bonds. The SMILES string of the molecule is COc1nc(C=CC(=O)OC(C)(C)C)ccc1N. The molecule has 1 aromatic heterocycles. The molecule has 0 bridgehead atoms. The number of nitrogens with two attached hydrogens (primary N) is 1. The van der Waals surface area contributed by atoms with E-state index in [1.165, 1.54) is 13.2 Å². The minimum atomic E-state index is -0.506. The first-order valence-electron chi connectivity index (χ1n) is 5.53. The third kappa shape index (κ3) is 4.45. The number of rotatable bonds is 3. The van der Waals surface area contributed by atoms with Crippen molar-refractivity contribution in [1.82, 2.24) is 4.98 Å². The van der Waals surface area contributed by atoms with E-state index >= 15 is 0 Å². The smallest absolute Gasteiger partial charge is 0.331 e. The molecule has 0 aromatic carbocycles. The van der Waals surface area contributed by atoms with E-state index in [1.807, 2.05) is 20.8 Å². The Hall–Kier alpha value is -2.04. The molecular weight excluding hydrogens is 232 g/mol. The number of nitrogen functional groups attached to an aromatic ring is 1. The number of esters is 1. The van der Waals surface area contributed by atoms with Crippen LogP contribution in [0.5, 0.6) is 5.88 Å². The molecule has 0 aliphatic carbocycles. The molecule has 0 unspecified atom stereocenters. The fourth-order valence-corrected chi connectivity index (χ4v) is 1.21. The highest BCUT2D eigenvalue weighted by molar-refractivity contribution is 5.87. The van der Waals surface area contributed by atoms with Gasteiger partial charge in [0.25, 0.3) is 0 Å². The molecule has 5 nitrogen and oxygen atoms in total. The van der Waals surface area contributed by atoms with E-state index in [4.69, 9.17) is 15.2 Å². The minimum Gasteiger partial charge on any atom is -0.480 e. The highest BCUT2D eigenvalue weighted by Crippen LogP contribution is 2.18. The van der Waals surface area contributed by atoms with Crippen LogP contribution in [-0.4, -0.2) is 23.7 Å². The van der Waals surface area contributed by atoms with Crippen molar-refractivity contribution in [2.75, 3.05) is 12.8 Å². The Bertz CT molecular complexity index is 462. The van der Waals surface area contributed by atoms with Crippen molar-refractivity contribution in [3.8, 4) is 5.88 Å². The van der Waals surface area contributed by atoms with Crippen LogP contribution in [0.2, 0.25) is 0 Å². The quantitative estimate of drug-likeness (QED) is 0.656. The third-order valence-corrected chi connectivity index (χ3v) is 1.90. The molecule has 5 heteroatoms. The van der Waals surface area contributed by atoms with E-state index in [0.29, 0.717) is 17.3 Å². The van der Waals surface area contributed by atoms with Crippen LogP contribution in [0, 0.1) is 0 Å². The minimum absolute atomic E-state index is 0.335. The maximum atomic E-state index is 11.5. The summed E-state index contributed by atoms with van der Waals surface area (Å²) < 4.78 is 10.1. The molecule has 98 valence electrons. The van der Waals surface area contributed by atoms with Gasteiger partial charge in [0.2, 0.25) is 5.88 Å². The maximum absolute atomic E-state index is 11.5. The number of ether oxygens (including phenoxy) is 2.